The first kappa shape index (κ1) is 20.0. The van der Waals surface area contributed by atoms with Gasteiger partial charge in [-0.1, -0.05) is 34.6 Å². The molecule has 0 aliphatic rings. The molecular formula is C12H15MoO2-. The van der Waals surface area contributed by atoms with Gasteiger partial charge in [0.2, 0.25) is 0 Å². The van der Waals surface area contributed by atoms with E-state index in [9.17, 15) is 0 Å². The normalized spacial score (nSPS) is 7.27. The van der Waals surface area contributed by atoms with Crippen LogP contribution in [0.4, 0.5) is 0 Å². The van der Waals surface area contributed by atoms with Gasteiger partial charge in [0.1, 0.15) is 0 Å². The standard InChI is InChI=1S/C10H15.2CO.Mo/c1-6-7(2)9(4)10(5)8(6)3;2*1-2;/h1-5H3;;;/q-1;;;. The van der Waals surface area contributed by atoms with Gasteiger partial charge in [-0.2, -0.15) is 27.8 Å². The van der Waals surface area contributed by atoms with Crippen LogP contribution in [0.15, 0.2) is 0 Å². The molecule has 0 N–H and O–H groups in total. The molecule has 0 heterocycles. The Balaban J connectivity index is -0.000000258. The van der Waals surface area contributed by atoms with Gasteiger partial charge < -0.3 is 0 Å². The molecule has 0 saturated carbocycles. The topological polar surface area (TPSA) is 39.8 Å². The molecule has 1 aromatic carbocycles. The fourth-order valence-electron chi connectivity index (χ4n) is 1.41. The van der Waals surface area contributed by atoms with Gasteiger partial charge in [0.25, 0.3) is 0 Å². The first-order valence-electron chi connectivity index (χ1n) is 4.16. The molecule has 0 aliphatic carbocycles. The van der Waals surface area contributed by atoms with Crippen molar-refractivity contribution in [2.75, 3.05) is 0 Å². The molecule has 0 unspecified atom stereocenters. The minimum absolute atomic E-state index is 0. The van der Waals surface area contributed by atoms with Gasteiger partial charge in [-0.05, 0) is 0 Å². The van der Waals surface area contributed by atoms with Crippen LogP contribution in [0.3, 0.4) is 0 Å². The van der Waals surface area contributed by atoms with Crippen LogP contribution in [0.2, 0.25) is 0 Å². The average Bonchev–Trinajstić information content (AvgIpc) is 2.42. The Morgan fingerprint density at radius 2 is 1.00 bits per heavy atom. The number of hydrogen-bond acceptors (Lipinski definition) is 0. The Morgan fingerprint density at radius 1 is 0.800 bits per heavy atom. The summed E-state index contributed by atoms with van der Waals surface area (Å²) in [6.45, 7) is 20.0. The molecule has 0 atom stereocenters. The number of rotatable bonds is 0. The van der Waals surface area contributed by atoms with Gasteiger partial charge in [0, 0.05) is 21.1 Å². The summed E-state index contributed by atoms with van der Waals surface area (Å²) >= 11 is 0. The molecule has 2 nitrogen and oxygen atoms in total. The maximum Gasteiger partial charge on any atom is 0 e. The third-order valence-electron chi connectivity index (χ3n) is 2.81. The zero-order valence-corrected chi connectivity index (χ0v) is 11.7. The van der Waals surface area contributed by atoms with E-state index in [-0.39, 0.29) is 21.1 Å². The van der Waals surface area contributed by atoms with E-state index in [0.717, 1.165) is 0 Å². The van der Waals surface area contributed by atoms with E-state index in [1.54, 1.807) is 0 Å². The van der Waals surface area contributed by atoms with Crippen LogP contribution in [0.25, 0.3) is 0 Å². The van der Waals surface area contributed by atoms with Gasteiger partial charge in [0.05, 0.1) is 0 Å². The van der Waals surface area contributed by atoms with Crippen molar-refractivity contribution in [3.8, 4) is 0 Å². The molecule has 82 valence electrons. The Bertz CT molecular complexity index is 246. The third kappa shape index (κ3) is 4.71. The second-order valence-electron chi connectivity index (χ2n) is 3.12. The van der Waals surface area contributed by atoms with E-state index >= 15 is 0 Å². The summed E-state index contributed by atoms with van der Waals surface area (Å²) in [7, 11) is 0. The van der Waals surface area contributed by atoms with Crippen molar-refractivity contribution >= 4 is 0 Å². The van der Waals surface area contributed by atoms with Crippen LogP contribution < -0.4 is 0 Å². The van der Waals surface area contributed by atoms with E-state index in [2.05, 4.69) is 47.9 Å². The molecule has 0 radical (unpaired) electrons. The molecule has 1 aromatic rings. The van der Waals surface area contributed by atoms with Crippen molar-refractivity contribution in [1.82, 2.24) is 0 Å². The van der Waals surface area contributed by atoms with Gasteiger partial charge in [-0.25, -0.2) is 0 Å². The zero-order valence-electron chi connectivity index (χ0n) is 9.72. The summed E-state index contributed by atoms with van der Waals surface area (Å²) < 4.78 is 15.0. The summed E-state index contributed by atoms with van der Waals surface area (Å²) in [6, 6.07) is 0. The molecule has 1 rings (SSSR count). The average molecular weight is 287 g/mol. The molecule has 3 heteroatoms. The summed E-state index contributed by atoms with van der Waals surface area (Å²) in [5.41, 5.74) is 7.34. The van der Waals surface area contributed by atoms with Crippen molar-refractivity contribution in [2.45, 2.75) is 34.6 Å². The summed E-state index contributed by atoms with van der Waals surface area (Å²) in [5.74, 6) is 0. The Hall–Kier alpha value is -0.482. The fraction of sp³-hybridized carbons (Fsp3) is 0.417. The van der Waals surface area contributed by atoms with Crippen LogP contribution in [0.1, 0.15) is 27.8 Å². The quantitative estimate of drug-likeness (QED) is 0.400. The van der Waals surface area contributed by atoms with Crippen molar-refractivity contribution in [3.05, 3.63) is 41.1 Å². The van der Waals surface area contributed by atoms with Crippen LogP contribution >= 0.6 is 0 Å². The monoisotopic (exact) mass is 289 g/mol. The third-order valence-corrected chi connectivity index (χ3v) is 2.81. The SMILES string of the molecule is Cc1c(C)c(C)[c-](C)c1C.[C-]#[O+].[C-]#[O+].[Mo]. The molecular weight excluding hydrogens is 272 g/mol. The molecule has 0 spiro atoms. The smallest absolute Gasteiger partial charge is 0 e. The van der Waals surface area contributed by atoms with Crippen molar-refractivity contribution in [1.29, 1.82) is 0 Å². The molecule has 0 fully saturated rings. The van der Waals surface area contributed by atoms with Crippen LogP contribution in [-0.2, 0) is 30.4 Å². The second-order valence-corrected chi connectivity index (χ2v) is 3.12. The first-order valence-corrected chi connectivity index (χ1v) is 4.16. The molecule has 0 amide bonds. The maximum absolute atomic E-state index is 7.50. The molecule has 0 saturated heterocycles. The van der Waals surface area contributed by atoms with E-state index in [1.165, 1.54) is 27.8 Å². The molecule has 0 aliphatic heterocycles. The van der Waals surface area contributed by atoms with Gasteiger partial charge >= 0.3 is 22.6 Å². The second kappa shape index (κ2) is 10.1. The van der Waals surface area contributed by atoms with Crippen molar-refractivity contribution in [2.24, 2.45) is 0 Å². The van der Waals surface area contributed by atoms with Crippen molar-refractivity contribution in [3.63, 3.8) is 0 Å². The molecule has 0 aromatic heterocycles. The van der Waals surface area contributed by atoms with Crippen LogP contribution in [0, 0.1) is 47.9 Å². The van der Waals surface area contributed by atoms with Crippen molar-refractivity contribution < 1.29 is 30.4 Å². The van der Waals surface area contributed by atoms with Crippen LogP contribution in [0.5, 0.6) is 0 Å². The predicted octanol–water partition coefficient (Wildman–Crippen LogP) is 2.87. The minimum atomic E-state index is 0. The van der Waals surface area contributed by atoms with E-state index in [1.807, 2.05) is 0 Å². The van der Waals surface area contributed by atoms with E-state index < -0.39 is 0 Å². The summed E-state index contributed by atoms with van der Waals surface area (Å²) in [4.78, 5) is 0. The maximum atomic E-state index is 7.50. The van der Waals surface area contributed by atoms with Gasteiger partial charge in [-0.15, -0.1) is 0 Å². The Morgan fingerprint density at radius 3 is 1.07 bits per heavy atom. The van der Waals surface area contributed by atoms with Gasteiger partial charge in [0.15, 0.2) is 0 Å². The van der Waals surface area contributed by atoms with E-state index in [4.69, 9.17) is 9.30 Å². The molecule has 0 bridgehead atoms. The predicted molar refractivity (Wildman–Crippen MR) is 53.6 cm³/mol. The summed E-state index contributed by atoms with van der Waals surface area (Å²) in [6.07, 6.45) is 0. The van der Waals surface area contributed by atoms with Crippen LogP contribution in [-0.4, -0.2) is 0 Å². The Kier molecular flexibility index (Phi) is 13.4. The largest absolute Gasteiger partial charge is 0 e. The number of hydrogen-bond donors (Lipinski definition) is 0. The van der Waals surface area contributed by atoms with Gasteiger partial charge in [-0.3, -0.25) is 0 Å². The zero-order chi connectivity index (χ0) is 11.9. The molecule has 15 heavy (non-hydrogen) atoms. The minimum Gasteiger partial charge on any atom is 0 e. The first-order chi connectivity index (χ1) is 6.55. The summed E-state index contributed by atoms with van der Waals surface area (Å²) in [5, 5.41) is 0. The van der Waals surface area contributed by atoms with E-state index in [0.29, 0.717) is 0 Å². The Labute approximate surface area is 106 Å². The fourth-order valence-corrected chi connectivity index (χ4v) is 1.41.